The van der Waals surface area contributed by atoms with Gasteiger partial charge in [-0.1, -0.05) is 41.9 Å². The molecule has 0 fully saturated rings. The molecule has 0 aliphatic rings. The first kappa shape index (κ1) is 22.4. The van der Waals surface area contributed by atoms with E-state index in [1.54, 1.807) is 26.2 Å². The summed E-state index contributed by atoms with van der Waals surface area (Å²) in [5.74, 6) is 1.72. The topological polar surface area (TPSA) is 78.3 Å². The van der Waals surface area contributed by atoms with E-state index in [1.165, 1.54) is 4.68 Å². The van der Waals surface area contributed by atoms with Gasteiger partial charge in [-0.15, -0.1) is 5.10 Å². The molecule has 1 N–H and O–H groups in total. The van der Waals surface area contributed by atoms with Crippen LogP contribution in [-0.2, 0) is 6.54 Å². The molecule has 8 heteroatoms. The molecule has 0 radical (unpaired) electrons. The number of carbonyl (C=O) groups excluding carboxylic acids is 1. The summed E-state index contributed by atoms with van der Waals surface area (Å²) in [5, 5.41) is 8.34. The highest BCUT2D eigenvalue weighted by Crippen LogP contribution is 2.22. The minimum absolute atomic E-state index is 0.323. The molecule has 0 amide bonds. The molecule has 1 heterocycles. The molecule has 0 saturated carbocycles. The van der Waals surface area contributed by atoms with Crippen LogP contribution in [0.15, 0.2) is 78.9 Å². The zero-order valence-corrected chi connectivity index (χ0v) is 19.0. The molecule has 0 bridgehead atoms. The van der Waals surface area contributed by atoms with Crippen molar-refractivity contribution in [3.05, 3.63) is 89.4 Å². The van der Waals surface area contributed by atoms with E-state index in [-0.39, 0.29) is 5.91 Å². The Balaban J connectivity index is 1.61. The average molecular weight is 463 g/mol. The predicted octanol–water partition coefficient (Wildman–Crippen LogP) is 5.33. The molecule has 1 atom stereocenters. The molecule has 0 saturated heterocycles. The normalized spacial score (nSPS) is 11.6. The van der Waals surface area contributed by atoms with Gasteiger partial charge in [0, 0.05) is 17.1 Å². The van der Waals surface area contributed by atoms with E-state index in [9.17, 15) is 4.79 Å². The summed E-state index contributed by atoms with van der Waals surface area (Å²) in [5.41, 5.74) is 1.74. The molecule has 1 unspecified atom stereocenters. The van der Waals surface area contributed by atoms with Crippen molar-refractivity contribution in [1.29, 1.82) is 0 Å². The molecule has 33 heavy (non-hydrogen) atoms. The lowest BCUT2D eigenvalue weighted by atomic mass is 10.2. The maximum atomic E-state index is 13.2. The van der Waals surface area contributed by atoms with Gasteiger partial charge in [-0.3, -0.25) is 4.79 Å². The van der Waals surface area contributed by atoms with Crippen molar-refractivity contribution >= 4 is 23.5 Å². The third-order valence-corrected chi connectivity index (χ3v) is 5.18. The van der Waals surface area contributed by atoms with E-state index in [2.05, 4.69) is 15.4 Å². The summed E-state index contributed by atoms with van der Waals surface area (Å²) < 4.78 is 12.3. The molecule has 4 aromatic rings. The summed E-state index contributed by atoms with van der Waals surface area (Å²) in [4.78, 5) is 17.8. The lowest BCUT2D eigenvalue weighted by Gasteiger charge is -2.14. The quantitative estimate of drug-likeness (QED) is 0.381. The smallest absolute Gasteiger partial charge is 0.290 e. The van der Waals surface area contributed by atoms with Gasteiger partial charge in [0.2, 0.25) is 5.95 Å². The number of aromatic nitrogens is 3. The Kier molecular flexibility index (Phi) is 6.90. The summed E-state index contributed by atoms with van der Waals surface area (Å²) in [6.45, 7) is 2.13. The second-order valence-electron chi connectivity index (χ2n) is 7.29. The molecule has 0 aliphatic carbocycles. The van der Waals surface area contributed by atoms with E-state index in [0.29, 0.717) is 29.1 Å². The lowest BCUT2D eigenvalue weighted by Crippen LogP contribution is -2.31. The molecule has 7 nitrogen and oxygen atoms in total. The van der Waals surface area contributed by atoms with Gasteiger partial charge in [0.15, 0.2) is 11.9 Å². The number of rotatable bonds is 8. The van der Waals surface area contributed by atoms with Crippen molar-refractivity contribution in [3.63, 3.8) is 0 Å². The molecule has 1 aromatic heterocycles. The van der Waals surface area contributed by atoms with E-state index < -0.39 is 6.10 Å². The number of anilines is 1. The van der Waals surface area contributed by atoms with Gasteiger partial charge in [0.05, 0.1) is 7.11 Å². The monoisotopic (exact) mass is 462 g/mol. The second-order valence-corrected chi connectivity index (χ2v) is 7.73. The van der Waals surface area contributed by atoms with E-state index in [1.807, 2.05) is 66.7 Å². The van der Waals surface area contributed by atoms with E-state index >= 15 is 0 Å². The number of ether oxygens (including phenoxy) is 2. The summed E-state index contributed by atoms with van der Waals surface area (Å²) in [6, 6.07) is 23.9. The van der Waals surface area contributed by atoms with E-state index in [0.717, 1.165) is 16.9 Å². The fourth-order valence-corrected chi connectivity index (χ4v) is 3.28. The van der Waals surface area contributed by atoms with Gasteiger partial charge in [-0.25, -0.2) is 0 Å². The fraction of sp³-hybridized carbons (Fsp3) is 0.160. The number of para-hydroxylation sites is 1. The SMILES string of the molecule is COc1ccc(-c2nc(NCc3ccc(Cl)cc3)n(C(=O)C(C)Oc3ccccc3)n2)cc1. The van der Waals surface area contributed by atoms with Crippen LogP contribution in [-0.4, -0.2) is 33.9 Å². The van der Waals surface area contributed by atoms with Gasteiger partial charge >= 0.3 is 0 Å². The highest BCUT2D eigenvalue weighted by molar-refractivity contribution is 6.30. The van der Waals surface area contributed by atoms with Crippen molar-refractivity contribution in [1.82, 2.24) is 14.8 Å². The molecular formula is C25H23ClN4O3. The van der Waals surface area contributed by atoms with Gasteiger partial charge in [-0.2, -0.15) is 9.67 Å². The third kappa shape index (κ3) is 5.51. The Bertz CT molecular complexity index is 1210. The zero-order valence-electron chi connectivity index (χ0n) is 18.2. The second kappa shape index (κ2) is 10.2. The predicted molar refractivity (Wildman–Crippen MR) is 128 cm³/mol. The van der Waals surface area contributed by atoms with E-state index in [4.69, 9.17) is 21.1 Å². The highest BCUT2D eigenvalue weighted by atomic mass is 35.5. The molecule has 0 spiro atoms. The molecular weight excluding hydrogens is 440 g/mol. The third-order valence-electron chi connectivity index (χ3n) is 4.93. The first-order chi connectivity index (χ1) is 16.0. The first-order valence-electron chi connectivity index (χ1n) is 10.4. The van der Waals surface area contributed by atoms with Crippen LogP contribution in [0.2, 0.25) is 5.02 Å². The summed E-state index contributed by atoms with van der Waals surface area (Å²) in [7, 11) is 1.60. The summed E-state index contributed by atoms with van der Waals surface area (Å²) >= 11 is 5.98. The Morgan fingerprint density at radius 1 is 1.00 bits per heavy atom. The Labute approximate surface area is 196 Å². The van der Waals surface area contributed by atoms with Crippen LogP contribution in [0.1, 0.15) is 17.3 Å². The number of benzene rings is 3. The number of methoxy groups -OCH3 is 1. The number of carbonyl (C=O) groups is 1. The van der Waals surface area contributed by atoms with Crippen molar-refractivity contribution < 1.29 is 14.3 Å². The van der Waals surface area contributed by atoms with Gasteiger partial charge in [0.1, 0.15) is 11.5 Å². The number of hydrogen-bond donors (Lipinski definition) is 1. The minimum atomic E-state index is -0.770. The molecule has 4 rings (SSSR count). The highest BCUT2D eigenvalue weighted by Gasteiger charge is 2.23. The van der Waals surface area contributed by atoms with Crippen molar-refractivity contribution in [2.24, 2.45) is 0 Å². The maximum absolute atomic E-state index is 13.2. The Morgan fingerprint density at radius 2 is 1.70 bits per heavy atom. The number of nitrogens with one attached hydrogen (secondary N) is 1. The van der Waals surface area contributed by atoms with Crippen LogP contribution in [0.5, 0.6) is 11.5 Å². The summed E-state index contributed by atoms with van der Waals surface area (Å²) in [6.07, 6.45) is -0.770. The minimum Gasteiger partial charge on any atom is -0.497 e. The maximum Gasteiger partial charge on any atom is 0.290 e. The van der Waals surface area contributed by atoms with Gasteiger partial charge in [0.25, 0.3) is 5.91 Å². The van der Waals surface area contributed by atoms with Crippen LogP contribution >= 0.6 is 11.6 Å². The first-order valence-corrected chi connectivity index (χ1v) is 10.8. The number of hydrogen-bond acceptors (Lipinski definition) is 6. The van der Waals surface area contributed by atoms with Crippen LogP contribution in [0.3, 0.4) is 0 Å². The van der Waals surface area contributed by atoms with Crippen LogP contribution in [0.25, 0.3) is 11.4 Å². The zero-order chi connectivity index (χ0) is 23.2. The van der Waals surface area contributed by atoms with Crippen molar-refractivity contribution in [3.8, 4) is 22.9 Å². The van der Waals surface area contributed by atoms with Crippen LogP contribution in [0, 0.1) is 0 Å². The van der Waals surface area contributed by atoms with Crippen LogP contribution in [0.4, 0.5) is 5.95 Å². The van der Waals surface area contributed by atoms with Crippen LogP contribution < -0.4 is 14.8 Å². The molecule has 168 valence electrons. The van der Waals surface area contributed by atoms with Gasteiger partial charge in [-0.05, 0) is 61.0 Å². The van der Waals surface area contributed by atoms with Crippen molar-refractivity contribution in [2.75, 3.05) is 12.4 Å². The average Bonchev–Trinajstić information content (AvgIpc) is 3.28. The Morgan fingerprint density at radius 3 is 2.36 bits per heavy atom. The number of nitrogens with zero attached hydrogens (tertiary/aromatic N) is 3. The molecule has 0 aliphatic heterocycles. The number of halogens is 1. The fourth-order valence-electron chi connectivity index (χ4n) is 3.15. The largest absolute Gasteiger partial charge is 0.497 e. The lowest BCUT2D eigenvalue weighted by molar-refractivity contribution is 0.0713. The molecule has 3 aromatic carbocycles. The van der Waals surface area contributed by atoms with Crippen molar-refractivity contribution in [2.45, 2.75) is 19.6 Å². The Hall–Kier alpha value is -3.84. The standard InChI is InChI=1S/C25H23ClN4O3/c1-17(33-22-6-4-3-5-7-22)24(31)30-25(27-16-18-8-12-20(26)13-9-18)28-23(29-30)19-10-14-21(32-2)15-11-19/h3-15,17H,16H2,1-2H3,(H,27,28,29). The van der Waals surface area contributed by atoms with Gasteiger partial charge < -0.3 is 14.8 Å².